The molecule has 2 nitrogen and oxygen atoms in total. The van der Waals surface area contributed by atoms with Gasteiger partial charge in [0.25, 0.3) is 0 Å². The first-order valence-electron chi connectivity index (χ1n) is 6.67. The van der Waals surface area contributed by atoms with E-state index < -0.39 is 0 Å². The third-order valence-electron chi connectivity index (χ3n) is 4.17. The summed E-state index contributed by atoms with van der Waals surface area (Å²) in [5, 5.41) is 11.0. The lowest BCUT2D eigenvalue weighted by Crippen LogP contribution is -2.17. The van der Waals surface area contributed by atoms with Gasteiger partial charge in [-0.05, 0) is 48.8 Å². The van der Waals surface area contributed by atoms with Crippen LogP contribution >= 0.6 is 0 Å². The molecule has 0 amide bonds. The number of nitrogens with zero attached hydrogens (tertiary/aromatic N) is 1. The molecule has 0 radical (unpaired) electrons. The minimum Gasteiger partial charge on any atom is -0.393 e. The molecule has 3 rings (SSSR count). The number of benzene rings is 1. The van der Waals surface area contributed by atoms with Crippen molar-refractivity contribution in [1.82, 2.24) is 4.98 Å². The highest BCUT2D eigenvalue weighted by Gasteiger charge is 2.34. The molecule has 1 aliphatic carbocycles. The average Bonchev–Trinajstić information content (AvgIpc) is 2.70. The third-order valence-corrected chi connectivity index (χ3v) is 4.17. The number of pyridine rings is 1. The first-order valence-corrected chi connectivity index (χ1v) is 6.67. The van der Waals surface area contributed by atoms with Crippen LogP contribution in [0.15, 0.2) is 36.5 Å². The smallest absolute Gasteiger partial charge is 0.0704 e. The summed E-state index contributed by atoms with van der Waals surface area (Å²) in [7, 11) is 0. The highest BCUT2D eigenvalue weighted by atomic mass is 16.3. The van der Waals surface area contributed by atoms with Crippen molar-refractivity contribution in [3.05, 3.63) is 42.1 Å². The monoisotopic (exact) mass is 241 g/mol. The van der Waals surface area contributed by atoms with Crippen molar-refractivity contribution in [3.63, 3.8) is 0 Å². The number of aliphatic hydroxyl groups excluding tert-OH is 1. The minimum atomic E-state index is -0.108. The number of rotatable bonds is 2. The molecule has 0 aliphatic heterocycles. The molecule has 0 spiro atoms. The van der Waals surface area contributed by atoms with E-state index in [1.54, 1.807) is 0 Å². The fourth-order valence-corrected chi connectivity index (χ4v) is 3.22. The fourth-order valence-electron chi connectivity index (χ4n) is 3.22. The van der Waals surface area contributed by atoms with Gasteiger partial charge in [0.1, 0.15) is 0 Å². The van der Waals surface area contributed by atoms with Gasteiger partial charge in [-0.2, -0.15) is 0 Å². The predicted octanol–water partition coefficient (Wildman–Crippen LogP) is 3.33. The van der Waals surface area contributed by atoms with Gasteiger partial charge in [-0.1, -0.05) is 25.1 Å². The second-order valence-electron chi connectivity index (χ2n) is 5.87. The number of fused-ring (bicyclic) bond motifs is 1. The summed E-state index contributed by atoms with van der Waals surface area (Å²) >= 11 is 0. The van der Waals surface area contributed by atoms with E-state index in [4.69, 9.17) is 0 Å². The van der Waals surface area contributed by atoms with Crippen LogP contribution in [0.1, 0.15) is 31.7 Å². The lowest BCUT2D eigenvalue weighted by Gasteiger charge is -2.24. The van der Waals surface area contributed by atoms with Crippen LogP contribution in [0.5, 0.6) is 0 Å². The SMILES string of the molecule is CC1(Cc2ccnc3ccccc23)CCC(O)C1. The molecule has 0 saturated heterocycles. The third kappa shape index (κ3) is 2.13. The van der Waals surface area contributed by atoms with Crippen LogP contribution in [-0.4, -0.2) is 16.2 Å². The van der Waals surface area contributed by atoms with Crippen molar-refractivity contribution in [1.29, 1.82) is 0 Å². The van der Waals surface area contributed by atoms with Gasteiger partial charge in [0.15, 0.2) is 0 Å². The van der Waals surface area contributed by atoms with Crippen molar-refractivity contribution >= 4 is 10.9 Å². The topological polar surface area (TPSA) is 33.1 Å². The van der Waals surface area contributed by atoms with Crippen LogP contribution in [0, 0.1) is 5.41 Å². The van der Waals surface area contributed by atoms with Crippen LogP contribution in [0.4, 0.5) is 0 Å². The molecular formula is C16H19NO. The van der Waals surface area contributed by atoms with Gasteiger partial charge in [-0.15, -0.1) is 0 Å². The molecule has 18 heavy (non-hydrogen) atoms. The zero-order valence-corrected chi connectivity index (χ0v) is 10.8. The van der Waals surface area contributed by atoms with Gasteiger partial charge < -0.3 is 5.11 Å². The molecule has 2 atom stereocenters. The Morgan fingerprint density at radius 2 is 2.17 bits per heavy atom. The first-order chi connectivity index (χ1) is 8.66. The normalized spacial score (nSPS) is 27.8. The fraction of sp³-hybridized carbons (Fsp3) is 0.438. The largest absolute Gasteiger partial charge is 0.393 e. The zero-order chi connectivity index (χ0) is 12.6. The predicted molar refractivity (Wildman–Crippen MR) is 73.4 cm³/mol. The van der Waals surface area contributed by atoms with Gasteiger partial charge in [0.05, 0.1) is 11.6 Å². The molecule has 1 aromatic carbocycles. The Balaban J connectivity index is 1.95. The highest BCUT2D eigenvalue weighted by Crippen LogP contribution is 2.41. The van der Waals surface area contributed by atoms with E-state index in [0.29, 0.717) is 0 Å². The summed E-state index contributed by atoms with van der Waals surface area (Å²) in [6.07, 6.45) is 5.80. The molecule has 2 aromatic rings. The van der Waals surface area contributed by atoms with Crippen LogP contribution in [0.3, 0.4) is 0 Å². The number of hydrogen-bond acceptors (Lipinski definition) is 2. The summed E-state index contributed by atoms with van der Waals surface area (Å²) in [4.78, 5) is 4.40. The maximum atomic E-state index is 9.74. The standard InChI is InChI=1S/C16H19NO/c1-16(8-6-13(18)11-16)10-12-7-9-17-15-5-3-2-4-14(12)15/h2-5,7,9,13,18H,6,8,10-11H2,1H3. The summed E-state index contributed by atoms with van der Waals surface area (Å²) < 4.78 is 0. The summed E-state index contributed by atoms with van der Waals surface area (Å²) in [6.45, 7) is 2.29. The van der Waals surface area contributed by atoms with E-state index in [-0.39, 0.29) is 11.5 Å². The van der Waals surface area contributed by atoms with Crippen molar-refractivity contribution in [3.8, 4) is 0 Å². The van der Waals surface area contributed by atoms with Gasteiger partial charge in [-0.25, -0.2) is 0 Å². The Morgan fingerprint density at radius 3 is 2.94 bits per heavy atom. The number of aromatic nitrogens is 1. The number of para-hydroxylation sites is 1. The van der Waals surface area contributed by atoms with Crippen LogP contribution in [-0.2, 0) is 6.42 Å². The van der Waals surface area contributed by atoms with Crippen molar-refractivity contribution < 1.29 is 5.11 Å². The van der Waals surface area contributed by atoms with E-state index in [1.807, 2.05) is 12.3 Å². The molecular weight excluding hydrogens is 222 g/mol. The molecule has 1 fully saturated rings. The molecule has 1 N–H and O–H groups in total. The van der Waals surface area contributed by atoms with Crippen LogP contribution in [0.25, 0.3) is 10.9 Å². The van der Waals surface area contributed by atoms with Crippen molar-refractivity contribution in [2.24, 2.45) is 5.41 Å². The molecule has 2 unspecified atom stereocenters. The zero-order valence-electron chi connectivity index (χ0n) is 10.8. The Morgan fingerprint density at radius 1 is 1.33 bits per heavy atom. The number of hydrogen-bond donors (Lipinski definition) is 1. The molecule has 1 aromatic heterocycles. The van der Waals surface area contributed by atoms with Crippen molar-refractivity contribution in [2.45, 2.75) is 38.7 Å². The van der Waals surface area contributed by atoms with E-state index in [2.05, 4.69) is 36.2 Å². The number of aliphatic hydroxyl groups is 1. The Hall–Kier alpha value is -1.41. The van der Waals surface area contributed by atoms with Crippen molar-refractivity contribution in [2.75, 3.05) is 0 Å². The van der Waals surface area contributed by atoms with E-state index >= 15 is 0 Å². The van der Waals surface area contributed by atoms with Crippen LogP contribution in [0.2, 0.25) is 0 Å². The minimum absolute atomic E-state index is 0.108. The second kappa shape index (κ2) is 4.36. The van der Waals surface area contributed by atoms with Gasteiger partial charge in [-0.3, -0.25) is 4.98 Å². The molecule has 2 heteroatoms. The molecule has 94 valence electrons. The van der Waals surface area contributed by atoms with Gasteiger partial charge in [0, 0.05) is 11.6 Å². The summed E-state index contributed by atoms with van der Waals surface area (Å²) in [5.74, 6) is 0. The highest BCUT2D eigenvalue weighted by molar-refractivity contribution is 5.81. The average molecular weight is 241 g/mol. The Bertz CT molecular complexity index is 561. The Labute approximate surface area is 108 Å². The lowest BCUT2D eigenvalue weighted by atomic mass is 9.81. The molecule has 1 heterocycles. The first kappa shape index (κ1) is 11.7. The maximum Gasteiger partial charge on any atom is 0.0704 e. The quantitative estimate of drug-likeness (QED) is 0.874. The second-order valence-corrected chi connectivity index (χ2v) is 5.87. The maximum absolute atomic E-state index is 9.74. The van der Waals surface area contributed by atoms with E-state index in [1.165, 1.54) is 10.9 Å². The van der Waals surface area contributed by atoms with Crippen LogP contribution < -0.4 is 0 Å². The van der Waals surface area contributed by atoms with Gasteiger partial charge in [0.2, 0.25) is 0 Å². The Kier molecular flexibility index (Phi) is 2.83. The summed E-state index contributed by atoms with van der Waals surface area (Å²) in [5.41, 5.74) is 2.66. The molecule has 1 aliphatic rings. The van der Waals surface area contributed by atoms with Gasteiger partial charge >= 0.3 is 0 Å². The molecule has 0 bridgehead atoms. The lowest BCUT2D eigenvalue weighted by molar-refractivity contribution is 0.163. The van der Waals surface area contributed by atoms with E-state index in [9.17, 15) is 5.11 Å². The summed E-state index contributed by atoms with van der Waals surface area (Å²) in [6, 6.07) is 10.4. The van der Waals surface area contributed by atoms with E-state index in [0.717, 1.165) is 31.2 Å². The molecule has 1 saturated carbocycles.